The van der Waals surface area contributed by atoms with E-state index in [-0.39, 0.29) is 12.2 Å². The lowest BCUT2D eigenvalue weighted by molar-refractivity contribution is -0.137. The summed E-state index contributed by atoms with van der Waals surface area (Å²) in [5.74, 6) is 1.92. The van der Waals surface area contributed by atoms with Gasteiger partial charge in [0.15, 0.2) is 0 Å². The highest BCUT2D eigenvalue weighted by Gasteiger charge is 2.33. The van der Waals surface area contributed by atoms with Crippen molar-refractivity contribution in [2.45, 2.75) is 19.0 Å². The molecule has 0 atom stereocenters. The van der Waals surface area contributed by atoms with E-state index in [9.17, 15) is 18.0 Å². The van der Waals surface area contributed by atoms with Crippen molar-refractivity contribution in [3.05, 3.63) is 42.2 Å². The van der Waals surface area contributed by atoms with Gasteiger partial charge in [0.2, 0.25) is 5.91 Å². The number of hydrogen-bond donors (Lipinski definition) is 2. The van der Waals surface area contributed by atoms with Gasteiger partial charge in [0.25, 0.3) is 0 Å². The molecule has 0 bridgehead atoms. The zero-order valence-corrected chi connectivity index (χ0v) is 17.0. The molecular weight excluding hydrogens is 409 g/mol. The molecule has 1 aliphatic carbocycles. The van der Waals surface area contributed by atoms with E-state index in [0.29, 0.717) is 26.2 Å². The van der Waals surface area contributed by atoms with Crippen molar-refractivity contribution in [2.75, 3.05) is 54.8 Å². The van der Waals surface area contributed by atoms with Crippen molar-refractivity contribution in [3.63, 3.8) is 0 Å². The van der Waals surface area contributed by atoms with Crippen LogP contribution in [0, 0.1) is 5.92 Å². The molecule has 2 fully saturated rings. The Labute approximate surface area is 178 Å². The Morgan fingerprint density at radius 2 is 1.84 bits per heavy atom. The first kappa shape index (κ1) is 21.4. The summed E-state index contributed by atoms with van der Waals surface area (Å²) in [4.78, 5) is 25.0. The molecular formula is C21H25F3N6O. The summed E-state index contributed by atoms with van der Waals surface area (Å²) < 4.78 is 39.3. The quantitative estimate of drug-likeness (QED) is 0.698. The lowest BCUT2D eigenvalue weighted by Gasteiger charge is -2.35. The molecule has 2 heterocycles. The second kappa shape index (κ2) is 9.09. The molecule has 1 aromatic carbocycles. The van der Waals surface area contributed by atoms with Crippen molar-refractivity contribution in [1.29, 1.82) is 0 Å². The molecule has 1 aliphatic heterocycles. The minimum atomic E-state index is -4.51. The Bertz CT molecular complexity index is 910. The molecule has 10 heteroatoms. The molecule has 1 aromatic heterocycles. The predicted octanol–water partition coefficient (Wildman–Crippen LogP) is 3.08. The third-order valence-electron chi connectivity index (χ3n) is 5.49. The number of amides is 1. The van der Waals surface area contributed by atoms with Crippen LogP contribution in [-0.4, -0.2) is 60.0 Å². The molecule has 0 unspecified atom stereocenters. The molecule has 0 radical (unpaired) electrons. The van der Waals surface area contributed by atoms with Gasteiger partial charge in [0.05, 0.1) is 17.8 Å². The first-order valence-corrected chi connectivity index (χ1v) is 10.4. The van der Waals surface area contributed by atoms with Crippen LogP contribution in [0.5, 0.6) is 0 Å². The van der Waals surface area contributed by atoms with Gasteiger partial charge in [-0.05, 0) is 30.9 Å². The van der Waals surface area contributed by atoms with Crippen LogP contribution >= 0.6 is 0 Å². The van der Waals surface area contributed by atoms with Gasteiger partial charge >= 0.3 is 6.18 Å². The molecule has 31 heavy (non-hydrogen) atoms. The molecule has 1 saturated heterocycles. The van der Waals surface area contributed by atoms with Crippen LogP contribution in [-0.2, 0) is 11.0 Å². The van der Waals surface area contributed by atoms with E-state index in [1.807, 2.05) is 11.0 Å². The maximum absolute atomic E-state index is 13.1. The average Bonchev–Trinajstić information content (AvgIpc) is 3.57. The molecule has 2 aliphatic rings. The topological polar surface area (TPSA) is 73.4 Å². The minimum absolute atomic E-state index is 0.0397. The fraction of sp³-hybridized carbons (Fsp3) is 0.476. The van der Waals surface area contributed by atoms with Crippen molar-refractivity contribution >= 4 is 23.2 Å². The number of carbonyl (C=O) groups is 1. The van der Waals surface area contributed by atoms with Crippen LogP contribution < -0.4 is 15.5 Å². The molecule has 2 N–H and O–H groups in total. The Hall–Kier alpha value is -2.88. The maximum Gasteiger partial charge on any atom is 0.418 e. The molecule has 166 valence electrons. The summed E-state index contributed by atoms with van der Waals surface area (Å²) in [6.07, 6.45) is -0.438. The summed E-state index contributed by atoms with van der Waals surface area (Å²) in [6, 6.07) is 6.93. The number of benzene rings is 1. The van der Waals surface area contributed by atoms with Crippen LogP contribution in [0.2, 0.25) is 0 Å². The lowest BCUT2D eigenvalue weighted by Crippen LogP contribution is -2.49. The minimum Gasteiger partial charge on any atom is -0.370 e. The third-order valence-corrected chi connectivity index (χ3v) is 5.49. The van der Waals surface area contributed by atoms with Gasteiger partial charge in [-0.15, -0.1) is 0 Å². The number of alkyl halides is 3. The SMILES string of the molecule is O=C(CN1CCN(c2cc(NCC3CC3)ncn2)CC1)Nc1ccccc1C(F)(F)F. The van der Waals surface area contributed by atoms with Crippen LogP contribution in [0.25, 0.3) is 0 Å². The predicted molar refractivity (Wildman–Crippen MR) is 112 cm³/mol. The first-order valence-electron chi connectivity index (χ1n) is 10.4. The number of hydrogen-bond acceptors (Lipinski definition) is 6. The van der Waals surface area contributed by atoms with E-state index >= 15 is 0 Å². The Kier molecular flexibility index (Phi) is 6.26. The fourth-order valence-electron chi connectivity index (χ4n) is 3.55. The molecule has 1 saturated carbocycles. The molecule has 7 nitrogen and oxygen atoms in total. The fourth-order valence-corrected chi connectivity index (χ4v) is 3.55. The number of anilines is 3. The van der Waals surface area contributed by atoms with Crippen LogP contribution in [0.4, 0.5) is 30.5 Å². The third kappa shape index (κ3) is 5.84. The smallest absolute Gasteiger partial charge is 0.370 e. The second-order valence-corrected chi connectivity index (χ2v) is 7.94. The van der Waals surface area contributed by atoms with Crippen LogP contribution in [0.1, 0.15) is 18.4 Å². The molecule has 2 aromatic rings. The number of carbonyl (C=O) groups excluding carboxylic acids is 1. The van der Waals surface area contributed by atoms with Crippen LogP contribution in [0.15, 0.2) is 36.7 Å². The van der Waals surface area contributed by atoms with Gasteiger partial charge in [-0.1, -0.05) is 12.1 Å². The van der Waals surface area contributed by atoms with E-state index in [0.717, 1.165) is 30.2 Å². The van der Waals surface area contributed by atoms with E-state index in [1.54, 1.807) is 6.33 Å². The van der Waals surface area contributed by atoms with E-state index in [1.165, 1.54) is 31.0 Å². The molecule has 4 rings (SSSR count). The summed E-state index contributed by atoms with van der Waals surface area (Å²) in [5.41, 5.74) is -1.06. The van der Waals surface area contributed by atoms with Gasteiger partial charge in [0.1, 0.15) is 18.0 Å². The summed E-state index contributed by atoms with van der Waals surface area (Å²) >= 11 is 0. The maximum atomic E-state index is 13.1. The summed E-state index contributed by atoms with van der Waals surface area (Å²) in [6.45, 7) is 3.54. The van der Waals surface area contributed by atoms with E-state index in [2.05, 4.69) is 25.5 Å². The van der Waals surface area contributed by atoms with Gasteiger partial charge in [-0.2, -0.15) is 13.2 Å². The number of para-hydroxylation sites is 1. The Morgan fingerprint density at radius 3 is 2.55 bits per heavy atom. The zero-order chi connectivity index (χ0) is 21.8. The monoisotopic (exact) mass is 434 g/mol. The normalized spacial score (nSPS) is 17.5. The van der Waals surface area contributed by atoms with Crippen molar-refractivity contribution < 1.29 is 18.0 Å². The standard InChI is InChI=1S/C21H25F3N6O/c22-21(23,24)16-3-1-2-4-17(16)28-20(31)13-29-7-9-30(10-8-29)19-11-18(26-14-27-19)25-12-15-5-6-15/h1-4,11,14-15H,5-10,12-13H2,(H,28,31)(H,25,26,27). The summed E-state index contributed by atoms with van der Waals surface area (Å²) in [7, 11) is 0. The van der Waals surface area contributed by atoms with Crippen molar-refractivity contribution in [1.82, 2.24) is 14.9 Å². The zero-order valence-electron chi connectivity index (χ0n) is 17.0. The highest BCUT2D eigenvalue weighted by atomic mass is 19.4. The van der Waals surface area contributed by atoms with Crippen LogP contribution in [0.3, 0.4) is 0 Å². The average molecular weight is 434 g/mol. The largest absolute Gasteiger partial charge is 0.418 e. The van der Waals surface area contributed by atoms with E-state index < -0.39 is 17.6 Å². The van der Waals surface area contributed by atoms with Crippen molar-refractivity contribution in [3.8, 4) is 0 Å². The number of nitrogens with one attached hydrogen (secondary N) is 2. The highest BCUT2D eigenvalue weighted by molar-refractivity contribution is 5.93. The first-order chi connectivity index (χ1) is 14.9. The van der Waals surface area contributed by atoms with Gasteiger partial charge < -0.3 is 15.5 Å². The number of aromatic nitrogens is 2. The summed E-state index contributed by atoms with van der Waals surface area (Å²) in [5, 5.41) is 5.74. The van der Waals surface area contributed by atoms with Gasteiger partial charge in [-0.25, -0.2) is 9.97 Å². The molecule has 0 spiro atoms. The Morgan fingerprint density at radius 1 is 1.10 bits per heavy atom. The molecule has 1 amide bonds. The number of rotatable bonds is 7. The van der Waals surface area contributed by atoms with Gasteiger partial charge in [-0.3, -0.25) is 9.69 Å². The number of piperazine rings is 1. The number of halogens is 3. The Balaban J connectivity index is 1.28. The number of nitrogens with zero attached hydrogens (tertiary/aromatic N) is 4. The van der Waals surface area contributed by atoms with Crippen molar-refractivity contribution in [2.24, 2.45) is 5.92 Å². The lowest BCUT2D eigenvalue weighted by atomic mass is 10.1. The highest BCUT2D eigenvalue weighted by Crippen LogP contribution is 2.34. The van der Waals surface area contributed by atoms with Gasteiger partial charge in [0, 0.05) is 38.8 Å². The van der Waals surface area contributed by atoms with E-state index in [4.69, 9.17) is 0 Å². The second-order valence-electron chi connectivity index (χ2n) is 7.94.